The van der Waals surface area contributed by atoms with E-state index < -0.39 is 6.10 Å². The number of nitrogens with zero attached hydrogens (tertiary/aromatic N) is 1. The van der Waals surface area contributed by atoms with Crippen molar-refractivity contribution in [3.63, 3.8) is 0 Å². The number of benzene rings is 1. The highest BCUT2D eigenvalue weighted by Crippen LogP contribution is 2.22. The van der Waals surface area contributed by atoms with Crippen molar-refractivity contribution in [2.75, 3.05) is 17.6 Å². The predicted octanol–water partition coefficient (Wildman–Crippen LogP) is 0.688. The van der Waals surface area contributed by atoms with Crippen molar-refractivity contribution in [2.24, 2.45) is 0 Å². The molecule has 0 bridgehead atoms. The molecular formula is C12H16N4O2. The topological polar surface area (TPSA) is 104 Å². The molecule has 0 saturated heterocycles. The Hall–Kier alpha value is -2.08. The summed E-state index contributed by atoms with van der Waals surface area (Å²) in [5.74, 6) is 0. The molecule has 1 atom stereocenters. The van der Waals surface area contributed by atoms with Crippen LogP contribution in [0, 0.1) is 0 Å². The summed E-state index contributed by atoms with van der Waals surface area (Å²) >= 11 is 0. The third-order valence-electron chi connectivity index (χ3n) is 2.81. The first kappa shape index (κ1) is 12.4. The summed E-state index contributed by atoms with van der Waals surface area (Å²) in [5.41, 5.74) is 7.35. The van der Waals surface area contributed by atoms with Gasteiger partial charge < -0.3 is 21.1 Å². The summed E-state index contributed by atoms with van der Waals surface area (Å²) in [7, 11) is 0. The van der Waals surface area contributed by atoms with Crippen LogP contribution in [0.15, 0.2) is 23.3 Å². The van der Waals surface area contributed by atoms with Crippen LogP contribution in [0.1, 0.15) is 13.3 Å². The van der Waals surface area contributed by atoms with E-state index in [1.807, 2.05) is 6.92 Å². The van der Waals surface area contributed by atoms with Gasteiger partial charge in [0.2, 0.25) is 0 Å². The summed E-state index contributed by atoms with van der Waals surface area (Å²) in [6.45, 7) is 2.31. The minimum atomic E-state index is -0.424. The second-order valence-electron chi connectivity index (χ2n) is 4.13. The summed E-state index contributed by atoms with van der Waals surface area (Å²) < 4.78 is 0. The molecule has 0 radical (unpaired) electrons. The van der Waals surface area contributed by atoms with Crippen LogP contribution in [0.5, 0.6) is 0 Å². The molecule has 0 aliphatic rings. The summed E-state index contributed by atoms with van der Waals surface area (Å²) in [5, 5.41) is 13.0. The first-order chi connectivity index (χ1) is 8.61. The molecule has 1 heterocycles. The van der Waals surface area contributed by atoms with Gasteiger partial charge in [0, 0.05) is 6.54 Å². The van der Waals surface area contributed by atoms with Crippen LogP contribution in [0.2, 0.25) is 0 Å². The first-order valence-electron chi connectivity index (χ1n) is 5.80. The van der Waals surface area contributed by atoms with Crippen molar-refractivity contribution >= 4 is 22.3 Å². The van der Waals surface area contributed by atoms with Gasteiger partial charge in [-0.1, -0.05) is 6.92 Å². The molecule has 18 heavy (non-hydrogen) atoms. The number of aromatic nitrogens is 2. The molecule has 0 spiro atoms. The number of aliphatic hydroxyl groups excluding tert-OH is 1. The Balaban J connectivity index is 2.35. The summed E-state index contributed by atoms with van der Waals surface area (Å²) in [6.07, 6.45) is 1.59. The minimum Gasteiger partial charge on any atom is -0.397 e. The average Bonchev–Trinajstić information content (AvgIpc) is 2.37. The molecule has 96 valence electrons. The molecule has 0 amide bonds. The number of rotatable bonds is 4. The number of hydrogen-bond acceptors (Lipinski definition) is 5. The molecule has 6 heteroatoms. The second-order valence-corrected chi connectivity index (χ2v) is 4.13. The van der Waals surface area contributed by atoms with Crippen molar-refractivity contribution in [2.45, 2.75) is 19.4 Å². The van der Waals surface area contributed by atoms with Gasteiger partial charge in [-0.15, -0.1) is 0 Å². The quantitative estimate of drug-likeness (QED) is 0.596. The fourth-order valence-electron chi connectivity index (χ4n) is 1.66. The lowest BCUT2D eigenvalue weighted by molar-refractivity contribution is 0.183. The molecule has 2 aromatic rings. The molecule has 0 saturated carbocycles. The Kier molecular flexibility index (Phi) is 3.47. The van der Waals surface area contributed by atoms with E-state index >= 15 is 0 Å². The van der Waals surface area contributed by atoms with E-state index in [2.05, 4.69) is 15.3 Å². The van der Waals surface area contributed by atoms with E-state index in [4.69, 9.17) is 5.73 Å². The molecule has 6 nitrogen and oxygen atoms in total. The number of fused-ring (bicyclic) bond motifs is 1. The Morgan fingerprint density at radius 2 is 2.33 bits per heavy atom. The number of H-pyrrole nitrogens is 1. The van der Waals surface area contributed by atoms with E-state index in [1.54, 1.807) is 12.1 Å². The van der Waals surface area contributed by atoms with Gasteiger partial charge in [0.05, 0.1) is 34.7 Å². The Bertz CT molecular complexity index is 609. The lowest BCUT2D eigenvalue weighted by Crippen LogP contribution is -2.19. The molecule has 0 fully saturated rings. The van der Waals surface area contributed by atoms with Gasteiger partial charge in [-0.05, 0) is 18.6 Å². The normalized spacial score (nSPS) is 12.6. The fraction of sp³-hybridized carbons (Fsp3) is 0.333. The maximum atomic E-state index is 11.5. The average molecular weight is 248 g/mol. The van der Waals surface area contributed by atoms with E-state index in [0.29, 0.717) is 35.2 Å². The second kappa shape index (κ2) is 5.05. The maximum Gasteiger partial charge on any atom is 0.258 e. The van der Waals surface area contributed by atoms with Crippen LogP contribution < -0.4 is 16.6 Å². The van der Waals surface area contributed by atoms with Crippen LogP contribution in [0.25, 0.3) is 10.9 Å². The van der Waals surface area contributed by atoms with Crippen LogP contribution >= 0.6 is 0 Å². The van der Waals surface area contributed by atoms with E-state index in [-0.39, 0.29) is 5.56 Å². The zero-order chi connectivity index (χ0) is 13.1. The number of anilines is 2. The monoisotopic (exact) mass is 248 g/mol. The molecule has 5 N–H and O–H groups in total. The maximum absolute atomic E-state index is 11.5. The van der Waals surface area contributed by atoms with Gasteiger partial charge in [-0.3, -0.25) is 4.79 Å². The minimum absolute atomic E-state index is 0.216. The number of nitrogen functional groups attached to an aromatic ring is 1. The summed E-state index contributed by atoms with van der Waals surface area (Å²) in [4.78, 5) is 18.1. The van der Waals surface area contributed by atoms with E-state index in [9.17, 15) is 9.90 Å². The summed E-state index contributed by atoms with van der Waals surface area (Å²) in [6, 6.07) is 3.30. The van der Waals surface area contributed by atoms with Crippen molar-refractivity contribution in [1.29, 1.82) is 0 Å². The zero-order valence-electron chi connectivity index (χ0n) is 10.1. The number of nitrogens with two attached hydrogens (primary N) is 1. The van der Waals surface area contributed by atoms with Crippen molar-refractivity contribution in [3.8, 4) is 0 Å². The Labute approximate surface area is 104 Å². The van der Waals surface area contributed by atoms with Gasteiger partial charge in [-0.25, -0.2) is 4.98 Å². The van der Waals surface area contributed by atoms with Crippen LogP contribution in [-0.4, -0.2) is 27.7 Å². The molecule has 0 aliphatic heterocycles. The highest BCUT2D eigenvalue weighted by atomic mass is 16.3. The number of hydrogen-bond donors (Lipinski definition) is 4. The molecule has 1 unspecified atom stereocenters. The largest absolute Gasteiger partial charge is 0.397 e. The lowest BCUT2D eigenvalue weighted by atomic mass is 10.2. The fourth-order valence-corrected chi connectivity index (χ4v) is 1.66. The first-order valence-corrected chi connectivity index (χ1v) is 5.80. The predicted molar refractivity (Wildman–Crippen MR) is 71.6 cm³/mol. The SMILES string of the molecule is CCC(O)CNc1cc2nc[nH]c(=O)c2cc1N. The third kappa shape index (κ3) is 2.43. The van der Waals surface area contributed by atoms with Crippen molar-refractivity contribution < 1.29 is 5.11 Å². The standard InChI is InChI=1S/C12H16N4O2/c1-2-7(17)5-14-11-4-10-8(3-9(11)13)12(18)16-6-15-10/h3-4,6-7,14,17H,2,5,13H2,1H3,(H,15,16,18). The van der Waals surface area contributed by atoms with E-state index in [1.165, 1.54) is 6.33 Å². The molecular weight excluding hydrogens is 232 g/mol. The molecule has 0 aliphatic carbocycles. The Morgan fingerprint density at radius 1 is 1.56 bits per heavy atom. The third-order valence-corrected chi connectivity index (χ3v) is 2.81. The lowest BCUT2D eigenvalue weighted by Gasteiger charge is -2.13. The van der Waals surface area contributed by atoms with Gasteiger partial charge in [0.15, 0.2) is 0 Å². The highest BCUT2D eigenvalue weighted by molar-refractivity contribution is 5.88. The van der Waals surface area contributed by atoms with Crippen LogP contribution in [0.4, 0.5) is 11.4 Å². The van der Waals surface area contributed by atoms with Crippen molar-refractivity contribution in [1.82, 2.24) is 9.97 Å². The van der Waals surface area contributed by atoms with Crippen LogP contribution in [-0.2, 0) is 0 Å². The molecule has 2 rings (SSSR count). The number of nitrogens with one attached hydrogen (secondary N) is 2. The Morgan fingerprint density at radius 3 is 3.06 bits per heavy atom. The highest BCUT2D eigenvalue weighted by Gasteiger charge is 2.07. The number of aromatic amines is 1. The van der Waals surface area contributed by atoms with E-state index in [0.717, 1.165) is 0 Å². The van der Waals surface area contributed by atoms with Crippen molar-refractivity contribution in [3.05, 3.63) is 28.8 Å². The molecule has 1 aromatic heterocycles. The zero-order valence-corrected chi connectivity index (χ0v) is 10.1. The smallest absolute Gasteiger partial charge is 0.258 e. The van der Waals surface area contributed by atoms with Gasteiger partial charge in [-0.2, -0.15) is 0 Å². The van der Waals surface area contributed by atoms with Gasteiger partial charge >= 0.3 is 0 Å². The van der Waals surface area contributed by atoms with Gasteiger partial charge in [0.1, 0.15) is 0 Å². The van der Waals surface area contributed by atoms with Gasteiger partial charge in [0.25, 0.3) is 5.56 Å². The van der Waals surface area contributed by atoms with Crippen LogP contribution in [0.3, 0.4) is 0 Å². The molecule has 1 aromatic carbocycles. The number of aliphatic hydroxyl groups is 1.